The second-order valence-corrected chi connectivity index (χ2v) is 6.00. The highest BCUT2D eigenvalue weighted by molar-refractivity contribution is 6.07. The zero-order valence-electron chi connectivity index (χ0n) is 13.8. The van der Waals surface area contributed by atoms with Crippen LogP contribution in [0, 0.1) is 5.92 Å². The van der Waals surface area contributed by atoms with Crippen LogP contribution in [-0.4, -0.2) is 23.6 Å². The van der Waals surface area contributed by atoms with Gasteiger partial charge in [-0.3, -0.25) is 4.79 Å². The number of ether oxygens (including phenoxy) is 1. The number of nitrogens with one attached hydrogen (secondary N) is 1. The van der Waals surface area contributed by atoms with E-state index in [0.717, 1.165) is 30.6 Å². The fourth-order valence-electron chi connectivity index (χ4n) is 2.92. The van der Waals surface area contributed by atoms with Crippen LogP contribution < -0.4 is 5.32 Å². The highest BCUT2D eigenvalue weighted by atomic mass is 16.5. The van der Waals surface area contributed by atoms with E-state index in [2.05, 4.69) is 17.4 Å². The highest BCUT2D eigenvalue weighted by Crippen LogP contribution is 2.28. The quantitative estimate of drug-likeness (QED) is 0.871. The SMILES string of the molecule is CCOC(=O)c1ccccc1NC(=O)c1noc2c1C[C@@H](C)CC2. The van der Waals surface area contributed by atoms with Crippen LogP contribution in [0.4, 0.5) is 5.69 Å². The maximum Gasteiger partial charge on any atom is 0.340 e. The average molecular weight is 328 g/mol. The molecule has 0 spiro atoms. The van der Waals surface area contributed by atoms with Crippen LogP contribution in [0.5, 0.6) is 0 Å². The largest absolute Gasteiger partial charge is 0.462 e. The van der Waals surface area contributed by atoms with E-state index in [1.807, 2.05) is 0 Å². The monoisotopic (exact) mass is 328 g/mol. The number of esters is 1. The third-order valence-corrected chi connectivity index (χ3v) is 4.17. The molecule has 2 aromatic rings. The van der Waals surface area contributed by atoms with Gasteiger partial charge >= 0.3 is 5.97 Å². The number of carbonyl (C=O) groups is 2. The Morgan fingerprint density at radius 2 is 2.17 bits per heavy atom. The molecule has 6 heteroatoms. The van der Waals surface area contributed by atoms with Gasteiger partial charge in [-0.1, -0.05) is 24.2 Å². The molecule has 1 aliphatic rings. The summed E-state index contributed by atoms with van der Waals surface area (Å²) >= 11 is 0. The Balaban J connectivity index is 1.84. The number of benzene rings is 1. The number of anilines is 1. The minimum Gasteiger partial charge on any atom is -0.462 e. The van der Waals surface area contributed by atoms with Crippen LogP contribution in [0.2, 0.25) is 0 Å². The van der Waals surface area contributed by atoms with Crippen LogP contribution in [0.3, 0.4) is 0 Å². The molecule has 0 aliphatic heterocycles. The summed E-state index contributed by atoms with van der Waals surface area (Å²) in [5, 5.41) is 6.69. The van der Waals surface area contributed by atoms with Crippen molar-refractivity contribution in [1.29, 1.82) is 0 Å². The molecule has 1 heterocycles. The van der Waals surface area contributed by atoms with E-state index in [9.17, 15) is 9.59 Å². The molecule has 1 N–H and O–H groups in total. The minimum atomic E-state index is -0.468. The molecule has 1 aromatic carbocycles. The van der Waals surface area contributed by atoms with Gasteiger partial charge in [-0.25, -0.2) is 4.79 Å². The molecule has 24 heavy (non-hydrogen) atoms. The summed E-state index contributed by atoms with van der Waals surface area (Å²) in [6.07, 6.45) is 2.62. The van der Waals surface area contributed by atoms with Gasteiger partial charge in [-0.05, 0) is 37.8 Å². The number of hydrogen-bond donors (Lipinski definition) is 1. The summed E-state index contributed by atoms with van der Waals surface area (Å²) in [5.41, 5.74) is 1.90. The normalized spacial score (nSPS) is 16.3. The molecule has 3 rings (SSSR count). The summed E-state index contributed by atoms with van der Waals surface area (Å²) in [5.74, 6) is 0.447. The molecule has 0 unspecified atom stereocenters. The third-order valence-electron chi connectivity index (χ3n) is 4.17. The van der Waals surface area contributed by atoms with Gasteiger partial charge in [-0.2, -0.15) is 0 Å². The Bertz CT molecular complexity index is 766. The van der Waals surface area contributed by atoms with E-state index in [-0.39, 0.29) is 12.5 Å². The number of para-hydroxylation sites is 1. The summed E-state index contributed by atoms with van der Waals surface area (Å²) in [7, 11) is 0. The van der Waals surface area contributed by atoms with E-state index in [1.54, 1.807) is 31.2 Å². The lowest BCUT2D eigenvalue weighted by molar-refractivity contribution is 0.0527. The van der Waals surface area contributed by atoms with Crippen LogP contribution >= 0.6 is 0 Å². The standard InChI is InChI=1S/C18H20N2O4/c1-3-23-18(22)12-6-4-5-7-14(12)19-17(21)16-13-10-11(2)8-9-15(13)24-20-16/h4-7,11H,3,8-10H2,1-2H3,(H,19,21)/t11-/m0/s1. The van der Waals surface area contributed by atoms with Crippen LogP contribution in [0.15, 0.2) is 28.8 Å². The zero-order chi connectivity index (χ0) is 17.1. The van der Waals surface area contributed by atoms with E-state index < -0.39 is 5.97 Å². The molecule has 1 atom stereocenters. The van der Waals surface area contributed by atoms with Crippen molar-refractivity contribution in [3.05, 3.63) is 46.8 Å². The molecule has 0 bridgehead atoms. The minimum absolute atomic E-state index is 0.274. The van der Waals surface area contributed by atoms with Gasteiger partial charge in [0.1, 0.15) is 5.76 Å². The molecule has 0 radical (unpaired) electrons. The summed E-state index contributed by atoms with van der Waals surface area (Å²) in [6.45, 7) is 4.16. The summed E-state index contributed by atoms with van der Waals surface area (Å²) in [4.78, 5) is 24.6. The number of aromatic nitrogens is 1. The number of amides is 1. The molecule has 0 saturated heterocycles. The molecule has 6 nitrogen and oxygen atoms in total. The van der Waals surface area contributed by atoms with E-state index >= 15 is 0 Å². The molecule has 126 valence electrons. The van der Waals surface area contributed by atoms with Crippen LogP contribution in [0.1, 0.15) is 52.4 Å². The molecular weight excluding hydrogens is 308 g/mol. The molecule has 1 aliphatic carbocycles. The van der Waals surface area contributed by atoms with Crippen molar-refractivity contribution < 1.29 is 18.8 Å². The molecular formula is C18H20N2O4. The second-order valence-electron chi connectivity index (χ2n) is 6.00. The van der Waals surface area contributed by atoms with Crippen molar-refractivity contribution in [2.24, 2.45) is 5.92 Å². The Hall–Kier alpha value is -2.63. The van der Waals surface area contributed by atoms with Crippen molar-refractivity contribution in [1.82, 2.24) is 5.16 Å². The summed E-state index contributed by atoms with van der Waals surface area (Å²) < 4.78 is 10.3. The Morgan fingerprint density at radius 3 is 2.96 bits per heavy atom. The van der Waals surface area contributed by atoms with Gasteiger partial charge in [0.2, 0.25) is 0 Å². The lowest BCUT2D eigenvalue weighted by Gasteiger charge is -2.16. The molecule has 0 saturated carbocycles. The number of carbonyl (C=O) groups excluding carboxylic acids is 2. The van der Waals surface area contributed by atoms with Gasteiger partial charge < -0.3 is 14.6 Å². The smallest absolute Gasteiger partial charge is 0.340 e. The molecule has 1 amide bonds. The number of rotatable bonds is 4. The van der Waals surface area contributed by atoms with Crippen molar-refractivity contribution in [2.75, 3.05) is 11.9 Å². The van der Waals surface area contributed by atoms with Gasteiger partial charge in [0.15, 0.2) is 5.69 Å². The fourth-order valence-corrected chi connectivity index (χ4v) is 2.92. The van der Waals surface area contributed by atoms with E-state index in [1.165, 1.54) is 0 Å². The predicted octanol–water partition coefficient (Wildman–Crippen LogP) is 3.23. The van der Waals surface area contributed by atoms with Crippen molar-refractivity contribution in [2.45, 2.75) is 33.1 Å². The molecule has 0 fully saturated rings. The predicted molar refractivity (Wildman–Crippen MR) is 88.0 cm³/mol. The first-order valence-electron chi connectivity index (χ1n) is 8.15. The number of aryl methyl sites for hydroxylation is 1. The van der Waals surface area contributed by atoms with Crippen molar-refractivity contribution in [3.63, 3.8) is 0 Å². The average Bonchev–Trinajstić information content (AvgIpc) is 2.98. The lowest BCUT2D eigenvalue weighted by Crippen LogP contribution is -2.19. The van der Waals surface area contributed by atoms with Gasteiger partial charge in [0, 0.05) is 12.0 Å². The Labute approximate surface area is 140 Å². The van der Waals surface area contributed by atoms with Gasteiger partial charge in [0.25, 0.3) is 5.91 Å². The maximum absolute atomic E-state index is 12.6. The Morgan fingerprint density at radius 1 is 1.38 bits per heavy atom. The third kappa shape index (κ3) is 3.18. The zero-order valence-corrected chi connectivity index (χ0v) is 13.8. The van der Waals surface area contributed by atoms with Crippen LogP contribution in [-0.2, 0) is 17.6 Å². The summed E-state index contributed by atoms with van der Waals surface area (Å²) in [6, 6.07) is 6.76. The first kappa shape index (κ1) is 16.2. The Kier molecular flexibility index (Phi) is 4.64. The highest BCUT2D eigenvalue weighted by Gasteiger charge is 2.27. The van der Waals surface area contributed by atoms with Crippen molar-refractivity contribution in [3.8, 4) is 0 Å². The topological polar surface area (TPSA) is 81.4 Å². The van der Waals surface area contributed by atoms with Crippen molar-refractivity contribution >= 4 is 17.6 Å². The number of nitrogens with zero attached hydrogens (tertiary/aromatic N) is 1. The molecule has 1 aromatic heterocycles. The van der Waals surface area contributed by atoms with Gasteiger partial charge in [0.05, 0.1) is 17.9 Å². The van der Waals surface area contributed by atoms with E-state index in [0.29, 0.717) is 22.9 Å². The van der Waals surface area contributed by atoms with Crippen LogP contribution in [0.25, 0.3) is 0 Å². The number of fused-ring (bicyclic) bond motifs is 1. The van der Waals surface area contributed by atoms with Gasteiger partial charge in [-0.15, -0.1) is 0 Å². The lowest BCUT2D eigenvalue weighted by atomic mass is 9.88. The first-order chi connectivity index (χ1) is 11.6. The second kappa shape index (κ2) is 6.86. The first-order valence-corrected chi connectivity index (χ1v) is 8.15. The number of hydrogen-bond acceptors (Lipinski definition) is 5. The van der Waals surface area contributed by atoms with E-state index in [4.69, 9.17) is 9.26 Å². The maximum atomic E-state index is 12.6. The fraction of sp³-hybridized carbons (Fsp3) is 0.389.